The van der Waals surface area contributed by atoms with Crippen molar-refractivity contribution >= 4 is 11.6 Å². The Labute approximate surface area is 145 Å². The molecule has 0 aliphatic carbocycles. The van der Waals surface area contributed by atoms with Crippen LogP contribution in [0.1, 0.15) is 22.5 Å². The molecule has 5 nitrogen and oxygen atoms in total. The average molecular weight is 339 g/mol. The summed E-state index contributed by atoms with van der Waals surface area (Å²) in [6, 6.07) is 11.5. The zero-order valence-electron chi connectivity index (χ0n) is 13.6. The highest BCUT2D eigenvalue weighted by Crippen LogP contribution is 2.18. The van der Waals surface area contributed by atoms with Crippen molar-refractivity contribution in [2.24, 2.45) is 5.16 Å². The molecule has 2 heterocycles. The molecule has 1 amide bonds. The van der Waals surface area contributed by atoms with Crippen molar-refractivity contribution in [2.75, 3.05) is 13.1 Å². The lowest BCUT2D eigenvalue weighted by Crippen LogP contribution is -2.38. The maximum Gasteiger partial charge on any atom is 0.257 e. The number of halogens is 1. The molecule has 0 saturated heterocycles. The first-order valence-electron chi connectivity index (χ1n) is 7.98. The van der Waals surface area contributed by atoms with Gasteiger partial charge in [-0.2, -0.15) is 0 Å². The second kappa shape index (κ2) is 7.70. The maximum absolute atomic E-state index is 13.9. The molecule has 0 unspecified atom stereocenters. The first-order chi connectivity index (χ1) is 12.2. The van der Waals surface area contributed by atoms with Gasteiger partial charge in [-0.15, -0.1) is 6.58 Å². The lowest BCUT2D eigenvalue weighted by molar-refractivity contribution is 0.0447. The van der Waals surface area contributed by atoms with E-state index in [9.17, 15) is 9.18 Å². The highest BCUT2D eigenvalue weighted by Gasteiger charge is 2.28. The number of carbonyl (C=O) groups is 1. The minimum absolute atomic E-state index is 0.0354. The molecular weight excluding hydrogens is 321 g/mol. The molecular formula is C19H18FN3O2. The first kappa shape index (κ1) is 16.8. The van der Waals surface area contributed by atoms with E-state index in [1.165, 1.54) is 17.0 Å². The van der Waals surface area contributed by atoms with Crippen LogP contribution in [0.3, 0.4) is 0 Å². The summed E-state index contributed by atoms with van der Waals surface area (Å²) in [5.41, 5.74) is 1.52. The van der Waals surface area contributed by atoms with Gasteiger partial charge in [0.05, 0.1) is 17.8 Å². The highest BCUT2D eigenvalue weighted by molar-refractivity contribution is 5.99. The van der Waals surface area contributed by atoms with Gasteiger partial charge < -0.3 is 9.74 Å². The van der Waals surface area contributed by atoms with Crippen LogP contribution in [0.2, 0.25) is 0 Å². The van der Waals surface area contributed by atoms with Crippen molar-refractivity contribution in [3.8, 4) is 0 Å². The second-order valence-corrected chi connectivity index (χ2v) is 5.66. The molecule has 3 rings (SSSR count). The number of hydrogen-bond donors (Lipinski definition) is 0. The van der Waals surface area contributed by atoms with Gasteiger partial charge in [-0.25, -0.2) is 4.39 Å². The van der Waals surface area contributed by atoms with E-state index in [-0.39, 0.29) is 11.7 Å². The van der Waals surface area contributed by atoms with Crippen LogP contribution < -0.4 is 0 Å². The first-order valence-corrected chi connectivity index (χ1v) is 7.98. The van der Waals surface area contributed by atoms with Gasteiger partial charge >= 0.3 is 0 Å². The van der Waals surface area contributed by atoms with Gasteiger partial charge in [-0.3, -0.25) is 9.78 Å². The summed E-state index contributed by atoms with van der Waals surface area (Å²) < 4.78 is 13.9. The smallest absolute Gasteiger partial charge is 0.257 e. The van der Waals surface area contributed by atoms with E-state index in [0.717, 1.165) is 11.4 Å². The van der Waals surface area contributed by atoms with Gasteiger partial charge in [0.15, 0.2) is 6.10 Å². The molecule has 1 atom stereocenters. The van der Waals surface area contributed by atoms with E-state index in [2.05, 4.69) is 16.7 Å². The normalized spacial score (nSPS) is 16.0. The van der Waals surface area contributed by atoms with Crippen molar-refractivity contribution in [2.45, 2.75) is 12.5 Å². The lowest BCUT2D eigenvalue weighted by atomic mass is 10.1. The number of amides is 1. The van der Waals surface area contributed by atoms with Crippen molar-refractivity contribution in [3.63, 3.8) is 0 Å². The quantitative estimate of drug-likeness (QED) is 0.760. The number of carbonyl (C=O) groups excluding carboxylic acids is 1. The summed E-state index contributed by atoms with van der Waals surface area (Å²) in [5.74, 6) is -0.938. The van der Waals surface area contributed by atoms with Crippen LogP contribution in [0.15, 0.2) is 66.5 Å². The topological polar surface area (TPSA) is 54.8 Å². The average Bonchev–Trinajstić information content (AvgIpc) is 3.11. The second-order valence-electron chi connectivity index (χ2n) is 5.66. The number of oxime groups is 1. The van der Waals surface area contributed by atoms with E-state index in [0.29, 0.717) is 19.5 Å². The van der Waals surface area contributed by atoms with Crippen LogP contribution in [0.5, 0.6) is 0 Å². The van der Waals surface area contributed by atoms with E-state index in [1.807, 2.05) is 18.2 Å². The molecule has 1 aromatic heterocycles. The molecule has 25 heavy (non-hydrogen) atoms. The SMILES string of the molecule is C=CCN(C[C@@H]1CC(c2ccccn2)=NO1)C(=O)c1ccccc1F. The van der Waals surface area contributed by atoms with Crippen molar-refractivity contribution in [1.82, 2.24) is 9.88 Å². The Kier molecular flexibility index (Phi) is 5.18. The van der Waals surface area contributed by atoms with E-state index in [1.54, 1.807) is 24.4 Å². The van der Waals surface area contributed by atoms with Gasteiger partial charge in [-0.05, 0) is 24.3 Å². The molecule has 128 valence electrons. The van der Waals surface area contributed by atoms with Crippen LogP contribution in [0, 0.1) is 5.82 Å². The third-order valence-corrected chi connectivity index (χ3v) is 3.86. The fraction of sp³-hybridized carbons (Fsp3) is 0.211. The number of hydrogen-bond acceptors (Lipinski definition) is 4. The molecule has 6 heteroatoms. The van der Waals surface area contributed by atoms with Gasteiger partial charge in [0.25, 0.3) is 5.91 Å². The van der Waals surface area contributed by atoms with Crippen molar-refractivity contribution < 1.29 is 14.0 Å². The fourth-order valence-corrected chi connectivity index (χ4v) is 2.66. The van der Waals surface area contributed by atoms with Crippen LogP contribution in [0.4, 0.5) is 4.39 Å². The maximum atomic E-state index is 13.9. The van der Waals surface area contributed by atoms with Crippen LogP contribution in [0.25, 0.3) is 0 Å². The minimum atomic E-state index is -0.542. The van der Waals surface area contributed by atoms with Crippen molar-refractivity contribution in [1.29, 1.82) is 0 Å². The Morgan fingerprint density at radius 2 is 2.12 bits per heavy atom. The van der Waals surface area contributed by atoms with E-state index in [4.69, 9.17) is 4.84 Å². The molecule has 1 aliphatic heterocycles. The number of aromatic nitrogens is 1. The van der Waals surface area contributed by atoms with Gasteiger partial charge in [0, 0.05) is 19.2 Å². The third-order valence-electron chi connectivity index (χ3n) is 3.86. The van der Waals surface area contributed by atoms with Crippen LogP contribution in [-0.4, -0.2) is 40.7 Å². The molecule has 2 aromatic rings. The largest absolute Gasteiger partial charge is 0.390 e. The molecule has 0 bridgehead atoms. The number of pyridine rings is 1. The van der Waals surface area contributed by atoms with Gasteiger partial charge in [-0.1, -0.05) is 29.4 Å². The molecule has 0 radical (unpaired) electrons. The summed E-state index contributed by atoms with van der Waals surface area (Å²) in [5, 5.41) is 4.07. The molecule has 0 fully saturated rings. The Bertz CT molecular complexity index is 792. The summed E-state index contributed by atoms with van der Waals surface area (Å²) in [6.45, 7) is 4.26. The standard InChI is InChI=1S/C19H18FN3O2/c1-2-11-23(19(24)15-7-3-4-8-16(15)20)13-14-12-18(22-25-14)17-9-5-6-10-21-17/h2-10,14H,1,11-13H2/t14-/m0/s1. The number of benzene rings is 1. The zero-order valence-corrected chi connectivity index (χ0v) is 13.6. The Hall–Kier alpha value is -3.02. The number of nitrogens with zero attached hydrogens (tertiary/aromatic N) is 3. The summed E-state index contributed by atoms with van der Waals surface area (Å²) in [4.78, 5) is 23.8. The Morgan fingerprint density at radius 3 is 2.84 bits per heavy atom. The monoisotopic (exact) mass is 339 g/mol. The van der Waals surface area contributed by atoms with Gasteiger partial charge in [0.2, 0.25) is 0 Å². The summed E-state index contributed by atoms with van der Waals surface area (Å²) in [7, 11) is 0. The van der Waals surface area contributed by atoms with E-state index < -0.39 is 11.7 Å². The van der Waals surface area contributed by atoms with Crippen LogP contribution >= 0.6 is 0 Å². The molecule has 0 N–H and O–H groups in total. The fourth-order valence-electron chi connectivity index (χ4n) is 2.66. The Morgan fingerprint density at radius 1 is 1.32 bits per heavy atom. The van der Waals surface area contributed by atoms with Gasteiger partial charge in [0.1, 0.15) is 11.5 Å². The predicted molar refractivity (Wildman–Crippen MR) is 92.8 cm³/mol. The number of rotatable bonds is 6. The molecule has 0 spiro atoms. The van der Waals surface area contributed by atoms with E-state index >= 15 is 0 Å². The van der Waals surface area contributed by atoms with Crippen molar-refractivity contribution in [3.05, 3.63) is 78.4 Å². The molecule has 0 saturated carbocycles. The Balaban J connectivity index is 1.68. The minimum Gasteiger partial charge on any atom is -0.390 e. The van der Waals surface area contributed by atoms with Crippen LogP contribution in [-0.2, 0) is 4.84 Å². The molecule has 1 aliphatic rings. The summed E-state index contributed by atoms with van der Waals surface area (Å²) >= 11 is 0. The third kappa shape index (κ3) is 3.91. The predicted octanol–water partition coefficient (Wildman–Crippen LogP) is 3.04. The summed E-state index contributed by atoms with van der Waals surface area (Å²) in [6.07, 6.45) is 3.54. The highest BCUT2D eigenvalue weighted by atomic mass is 19.1. The lowest BCUT2D eigenvalue weighted by Gasteiger charge is -2.23. The molecule has 1 aromatic carbocycles. The zero-order chi connectivity index (χ0) is 17.6.